The summed E-state index contributed by atoms with van der Waals surface area (Å²) in [6, 6.07) is 4.42. The average Bonchev–Trinajstić information content (AvgIpc) is 2.73. The van der Waals surface area contributed by atoms with Crippen molar-refractivity contribution in [2.24, 2.45) is 0 Å². The summed E-state index contributed by atoms with van der Waals surface area (Å²) < 4.78 is 35.1. The van der Waals surface area contributed by atoms with Crippen molar-refractivity contribution in [3.05, 3.63) is 35.4 Å². The number of benzene rings is 1. The molecule has 9 nitrogen and oxygen atoms in total. The van der Waals surface area contributed by atoms with Gasteiger partial charge in [-0.05, 0) is 11.1 Å². The lowest BCUT2D eigenvalue weighted by Gasteiger charge is -2.31. The van der Waals surface area contributed by atoms with E-state index in [2.05, 4.69) is 9.60 Å². The van der Waals surface area contributed by atoms with Crippen LogP contribution in [0.5, 0.6) is 0 Å². The lowest BCUT2D eigenvalue weighted by Crippen LogP contribution is -2.42. The third kappa shape index (κ3) is 2.21. The van der Waals surface area contributed by atoms with Crippen LogP contribution in [0, 0.1) is 0 Å². The van der Waals surface area contributed by atoms with Crippen molar-refractivity contribution in [2.45, 2.75) is 12.1 Å². The fourth-order valence-electron chi connectivity index (χ4n) is 2.88. The van der Waals surface area contributed by atoms with Gasteiger partial charge in [0.2, 0.25) is 5.91 Å². The van der Waals surface area contributed by atoms with Crippen molar-refractivity contribution in [3.63, 3.8) is 0 Å². The highest BCUT2D eigenvalue weighted by molar-refractivity contribution is 7.80. The van der Waals surface area contributed by atoms with Crippen LogP contribution in [-0.4, -0.2) is 48.5 Å². The molecule has 2 bridgehead atoms. The van der Waals surface area contributed by atoms with Crippen molar-refractivity contribution < 1.29 is 26.8 Å². The van der Waals surface area contributed by atoms with E-state index < -0.39 is 34.4 Å². The number of fused-ring (bicyclic) bond motifs is 4. The van der Waals surface area contributed by atoms with Gasteiger partial charge in [-0.15, -0.1) is 4.28 Å². The Kier molecular flexibility index (Phi) is 3.31. The summed E-state index contributed by atoms with van der Waals surface area (Å²) in [4.78, 5) is 25.7. The van der Waals surface area contributed by atoms with Crippen molar-refractivity contribution in [1.82, 2.24) is 15.3 Å². The van der Waals surface area contributed by atoms with Crippen LogP contribution in [0.2, 0.25) is 0 Å². The van der Waals surface area contributed by atoms with E-state index in [9.17, 15) is 18.0 Å². The van der Waals surface area contributed by atoms with Gasteiger partial charge in [-0.1, -0.05) is 24.3 Å². The molecular weight excluding hydrogens is 314 g/mol. The van der Waals surface area contributed by atoms with E-state index in [0.29, 0.717) is 16.2 Å². The first kappa shape index (κ1) is 14.8. The van der Waals surface area contributed by atoms with Gasteiger partial charge in [0.1, 0.15) is 12.1 Å². The molecule has 0 radical (unpaired) electrons. The largest absolute Gasteiger partial charge is 0.418 e. The smallest absolute Gasteiger partial charge is 0.357 e. The highest BCUT2D eigenvalue weighted by Crippen LogP contribution is 2.43. The van der Waals surface area contributed by atoms with Gasteiger partial charge in [-0.25, -0.2) is 4.79 Å². The number of hydroxylamine groups is 2. The van der Waals surface area contributed by atoms with Gasteiger partial charge in [-0.3, -0.25) is 9.35 Å². The first-order valence-corrected chi connectivity index (χ1v) is 7.77. The maximum Gasteiger partial charge on any atom is 0.418 e. The summed E-state index contributed by atoms with van der Waals surface area (Å²) in [7, 11) is -3.40. The number of rotatable bonds is 3. The predicted molar refractivity (Wildman–Crippen MR) is 72.6 cm³/mol. The zero-order chi connectivity index (χ0) is 16.1. The van der Waals surface area contributed by atoms with Gasteiger partial charge in [0.15, 0.2) is 0 Å². The molecule has 2 atom stereocenters. The lowest BCUT2D eigenvalue weighted by atomic mass is 9.91. The van der Waals surface area contributed by atoms with Crippen molar-refractivity contribution >= 4 is 22.3 Å². The highest BCUT2D eigenvalue weighted by atomic mass is 32.3. The number of amides is 3. The number of nitrogens with one attached hydrogen (secondary N) is 1. The normalized spacial score (nSPS) is 23.5. The van der Waals surface area contributed by atoms with E-state index in [1.165, 1.54) is 11.9 Å². The molecule has 0 spiro atoms. The van der Waals surface area contributed by atoms with Crippen LogP contribution in [0.4, 0.5) is 4.79 Å². The molecule has 1 fully saturated rings. The number of likely N-dealkylation sites (N-methyl/N-ethyl adjacent to an activating group) is 1. The Bertz CT molecular complexity index is 749. The predicted octanol–water partition coefficient (Wildman–Crippen LogP) is 0.000400. The molecule has 22 heavy (non-hydrogen) atoms. The van der Waals surface area contributed by atoms with Gasteiger partial charge in [-0.2, -0.15) is 13.5 Å². The summed E-state index contributed by atoms with van der Waals surface area (Å²) in [5.41, 5.74) is 1.19. The standard InChI is InChI=1S/C12H13N3O6S/c1-13-11(16)10-8-5-3-2-4-7(8)9-6-14(10)12(17)15(9)21-22(18,19)20/h2-5,9-10H,6H2,1H3,(H,13,16)(H,18,19,20)/t9-,10+/m0/s1. The Hall–Kier alpha value is -2.17. The molecule has 2 heterocycles. The second kappa shape index (κ2) is 4.93. The van der Waals surface area contributed by atoms with Crippen LogP contribution in [-0.2, 0) is 19.5 Å². The van der Waals surface area contributed by atoms with E-state index in [-0.39, 0.29) is 6.54 Å². The minimum absolute atomic E-state index is 0.0868. The molecule has 3 rings (SSSR count). The Morgan fingerprint density at radius 2 is 2.00 bits per heavy atom. The van der Waals surface area contributed by atoms with Gasteiger partial charge in [0.25, 0.3) is 0 Å². The van der Waals surface area contributed by atoms with Crippen molar-refractivity contribution in [2.75, 3.05) is 13.6 Å². The molecular formula is C12H13N3O6S. The molecule has 118 valence electrons. The molecule has 3 amide bonds. The summed E-state index contributed by atoms with van der Waals surface area (Å²) in [5.74, 6) is -0.395. The first-order valence-electron chi connectivity index (χ1n) is 6.40. The third-order valence-electron chi connectivity index (χ3n) is 3.72. The van der Waals surface area contributed by atoms with Gasteiger partial charge in [0.05, 0.1) is 6.54 Å². The molecule has 2 N–H and O–H groups in total. The van der Waals surface area contributed by atoms with Gasteiger partial charge in [0, 0.05) is 7.05 Å². The second-order valence-electron chi connectivity index (χ2n) is 4.92. The minimum atomic E-state index is -4.85. The zero-order valence-corrected chi connectivity index (χ0v) is 12.3. The van der Waals surface area contributed by atoms with E-state index in [4.69, 9.17) is 4.55 Å². The topological polar surface area (TPSA) is 116 Å². The number of carbonyl (C=O) groups excluding carboxylic acids is 2. The van der Waals surface area contributed by atoms with E-state index in [1.54, 1.807) is 24.3 Å². The third-order valence-corrected chi connectivity index (χ3v) is 4.07. The Balaban J connectivity index is 2.10. The maximum atomic E-state index is 12.3. The molecule has 0 aromatic heterocycles. The molecule has 2 aliphatic rings. The molecule has 10 heteroatoms. The highest BCUT2D eigenvalue weighted by Gasteiger charge is 2.51. The molecule has 0 unspecified atom stereocenters. The van der Waals surface area contributed by atoms with Crippen LogP contribution in [0.3, 0.4) is 0 Å². The summed E-state index contributed by atoms with van der Waals surface area (Å²) in [6.07, 6.45) is 0. The number of hydrogen-bond donors (Lipinski definition) is 2. The van der Waals surface area contributed by atoms with Crippen LogP contribution in [0.25, 0.3) is 0 Å². The average molecular weight is 327 g/mol. The summed E-state index contributed by atoms with van der Waals surface area (Å²) >= 11 is 0. The maximum absolute atomic E-state index is 12.3. The quantitative estimate of drug-likeness (QED) is 0.755. The van der Waals surface area contributed by atoms with Crippen LogP contribution >= 0.6 is 0 Å². The molecule has 1 aromatic rings. The van der Waals surface area contributed by atoms with E-state index in [0.717, 1.165) is 0 Å². The lowest BCUT2D eigenvalue weighted by molar-refractivity contribution is -0.125. The number of hydrogen-bond acceptors (Lipinski definition) is 5. The van der Waals surface area contributed by atoms with Crippen LogP contribution in [0.15, 0.2) is 24.3 Å². The van der Waals surface area contributed by atoms with Crippen LogP contribution < -0.4 is 5.32 Å². The zero-order valence-electron chi connectivity index (χ0n) is 11.5. The second-order valence-corrected chi connectivity index (χ2v) is 5.93. The van der Waals surface area contributed by atoms with Gasteiger partial charge < -0.3 is 10.2 Å². The minimum Gasteiger partial charge on any atom is -0.357 e. The monoisotopic (exact) mass is 327 g/mol. The Labute approximate surface area is 126 Å². The molecule has 0 aliphatic carbocycles. The Morgan fingerprint density at radius 1 is 1.36 bits per heavy atom. The summed E-state index contributed by atoms with van der Waals surface area (Å²) in [5, 5.41) is 3.06. The van der Waals surface area contributed by atoms with Crippen molar-refractivity contribution in [1.29, 1.82) is 0 Å². The summed E-state index contributed by atoms with van der Waals surface area (Å²) in [6.45, 7) is 0.0868. The number of urea groups is 1. The molecule has 1 saturated heterocycles. The fraction of sp³-hybridized carbons (Fsp3) is 0.333. The molecule has 1 aromatic carbocycles. The fourth-order valence-corrected chi connectivity index (χ4v) is 3.25. The number of carbonyl (C=O) groups is 2. The van der Waals surface area contributed by atoms with E-state index >= 15 is 0 Å². The first-order chi connectivity index (χ1) is 10.3. The van der Waals surface area contributed by atoms with Crippen LogP contribution in [0.1, 0.15) is 23.2 Å². The molecule has 0 saturated carbocycles. The van der Waals surface area contributed by atoms with Gasteiger partial charge >= 0.3 is 16.4 Å². The SMILES string of the molecule is CNC(=O)[C@H]1c2ccccc2[C@@H]2CN1C(=O)N2OS(=O)(=O)O. The van der Waals surface area contributed by atoms with E-state index in [1.807, 2.05) is 0 Å². The molecule has 2 aliphatic heterocycles. The number of nitrogens with zero attached hydrogens (tertiary/aromatic N) is 2. The Morgan fingerprint density at radius 3 is 2.59 bits per heavy atom. The van der Waals surface area contributed by atoms with Crippen molar-refractivity contribution in [3.8, 4) is 0 Å².